The Morgan fingerprint density at radius 1 is 1.21 bits per heavy atom. The van der Waals surface area contributed by atoms with Crippen LogP contribution in [0.15, 0.2) is 42.5 Å². The first-order valence-electron chi connectivity index (χ1n) is 8.58. The fourth-order valence-corrected chi connectivity index (χ4v) is 3.57. The summed E-state index contributed by atoms with van der Waals surface area (Å²) >= 11 is 1.34. The number of aryl methyl sites for hydroxylation is 1. The van der Waals surface area contributed by atoms with Gasteiger partial charge >= 0.3 is 0 Å². The summed E-state index contributed by atoms with van der Waals surface area (Å²) in [6.07, 6.45) is 0. The number of ether oxygens (including phenoxy) is 1. The summed E-state index contributed by atoms with van der Waals surface area (Å²) in [6.45, 7) is 4.22. The molecule has 0 aliphatic heterocycles. The molecule has 0 unspecified atom stereocenters. The molecule has 0 radical (unpaired) electrons. The average molecular weight is 397 g/mol. The third-order valence-corrected chi connectivity index (χ3v) is 4.87. The molecule has 142 valence electrons. The number of carbonyl (C=O) groups is 1. The third kappa shape index (κ3) is 3.56. The molecule has 2 heterocycles. The summed E-state index contributed by atoms with van der Waals surface area (Å²) in [5.41, 5.74) is 1.39. The molecule has 28 heavy (non-hydrogen) atoms. The van der Waals surface area contributed by atoms with Gasteiger partial charge in [0, 0.05) is 0 Å². The fourth-order valence-electron chi connectivity index (χ4n) is 2.68. The highest BCUT2D eigenvalue weighted by Gasteiger charge is 2.17. The smallest absolute Gasteiger partial charge is 0.297 e. The van der Waals surface area contributed by atoms with Gasteiger partial charge in [-0.25, -0.2) is 19.0 Å². The van der Waals surface area contributed by atoms with E-state index in [9.17, 15) is 9.18 Å². The molecule has 0 aliphatic carbocycles. The number of benzene rings is 2. The van der Waals surface area contributed by atoms with E-state index in [4.69, 9.17) is 4.74 Å². The number of anilines is 1. The molecule has 1 N–H and O–H groups in total. The number of nitrogens with one attached hydrogen (secondary N) is 1. The van der Waals surface area contributed by atoms with Gasteiger partial charge in [0.05, 0.1) is 22.5 Å². The number of amides is 1. The highest BCUT2D eigenvalue weighted by atomic mass is 32.1. The molecule has 0 bridgehead atoms. The van der Waals surface area contributed by atoms with Gasteiger partial charge in [0.2, 0.25) is 5.82 Å². The van der Waals surface area contributed by atoms with E-state index in [0.29, 0.717) is 23.3 Å². The van der Waals surface area contributed by atoms with Gasteiger partial charge in [0.25, 0.3) is 5.91 Å². The van der Waals surface area contributed by atoms with Crippen LogP contribution in [-0.2, 0) is 0 Å². The third-order valence-electron chi connectivity index (χ3n) is 3.93. The Labute approximate surface area is 163 Å². The monoisotopic (exact) mass is 397 g/mol. The molecular formula is C19H16FN5O2S. The number of thiazole rings is 1. The van der Waals surface area contributed by atoms with E-state index in [2.05, 4.69) is 20.4 Å². The zero-order chi connectivity index (χ0) is 19.7. The minimum Gasteiger partial charge on any atom is -0.494 e. The summed E-state index contributed by atoms with van der Waals surface area (Å²) in [5.74, 6) is 0.473. The first-order valence-corrected chi connectivity index (χ1v) is 9.39. The van der Waals surface area contributed by atoms with Crippen LogP contribution in [-0.4, -0.2) is 32.3 Å². The van der Waals surface area contributed by atoms with Gasteiger partial charge < -0.3 is 4.74 Å². The van der Waals surface area contributed by atoms with Crippen LogP contribution in [0.3, 0.4) is 0 Å². The number of halogens is 1. The molecule has 0 saturated carbocycles. The largest absolute Gasteiger partial charge is 0.494 e. The van der Waals surface area contributed by atoms with Crippen molar-refractivity contribution >= 4 is 32.6 Å². The van der Waals surface area contributed by atoms with Crippen LogP contribution in [0.4, 0.5) is 9.52 Å². The lowest BCUT2D eigenvalue weighted by Crippen LogP contribution is -2.14. The van der Waals surface area contributed by atoms with Crippen LogP contribution < -0.4 is 10.1 Å². The summed E-state index contributed by atoms with van der Waals surface area (Å²) in [5, 5.41) is 7.40. The van der Waals surface area contributed by atoms with Crippen molar-refractivity contribution in [3.63, 3.8) is 0 Å². The van der Waals surface area contributed by atoms with E-state index < -0.39 is 5.91 Å². The summed E-state index contributed by atoms with van der Waals surface area (Å²) in [7, 11) is 0. The van der Waals surface area contributed by atoms with Gasteiger partial charge in [-0.3, -0.25) is 10.1 Å². The molecule has 1 amide bonds. The summed E-state index contributed by atoms with van der Waals surface area (Å²) < 4.78 is 21.0. The Kier molecular flexibility index (Phi) is 4.74. The van der Waals surface area contributed by atoms with Crippen LogP contribution in [0.5, 0.6) is 5.75 Å². The highest BCUT2D eigenvalue weighted by Crippen LogP contribution is 2.29. The van der Waals surface area contributed by atoms with Crippen LogP contribution >= 0.6 is 11.3 Å². The van der Waals surface area contributed by atoms with Crippen molar-refractivity contribution in [2.45, 2.75) is 13.8 Å². The van der Waals surface area contributed by atoms with Crippen molar-refractivity contribution in [1.82, 2.24) is 19.7 Å². The van der Waals surface area contributed by atoms with Gasteiger partial charge in [0.1, 0.15) is 17.4 Å². The Morgan fingerprint density at radius 3 is 2.75 bits per heavy atom. The van der Waals surface area contributed by atoms with Gasteiger partial charge in [-0.2, -0.15) is 0 Å². The Hall–Kier alpha value is -3.33. The number of rotatable bonds is 5. The molecule has 0 saturated heterocycles. The minimum atomic E-state index is -0.465. The minimum absolute atomic E-state index is 0.0103. The van der Waals surface area contributed by atoms with E-state index >= 15 is 0 Å². The first kappa shape index (κ1) is 18.1. The molecule has 0 atom stereocenters. The average Bonchev–Trinajstić information content (AvgIpc) is 3.25. The standard InChI is InChI=1S/C19H16FN5O2S/c1-3-27-14-8-9-15-16(10-14)28-19(22-15)23-18(26)17-21-11(2)25(24-17)13-6-4-12(20)5-7-13/h4-10H,3H2,1-2H3,(H,22,23,26). The first-order chi connectivity index (χ1) is 13.5. The van der Waals surface area contributed by atoms with E-state index in [-0.39, 0.29) is 11.6 Å². The summed E-state index contributed by atoms with van der Waals surface area (Å²) in [6, 6.07) is 11.4. The Morgan fingerprint density at radius 2 is 2.00 bits per heavy atom. The van der Waals surface area contributed by atoms with Crippen molar-refractivity contribution in [3.05, 3.63) is 59.9 Å². The summed E-state index contributed by atoms with van der Waals surface area (Å²) in [4.78, 5) is 21.1. The second-order valence-corrected chi connectivity index (χ2v) is 6.94. The Bertz CT molecular complexity index is 1150. The van der Waals surface area contributed by atoms with Crippen LogP contribution in [0.1, 0.15) is 23.4 Å². The number of hydrogen-bond acceptors (Lipinski definition) is 6. The molecule has 2 aromatic heterocycles. The zero-order valence-electron chi connectivity index (χ0n) is 15.1. The molecule has 0 fully saturated rings. The quantitative estimate of drug-likeness (QED) is 0.551. The molecule has 7 nitrogen and oxygen atoms in total. The highest BCUT2D eigenvalue weighted by molar-refractivity contribution is 7.22. The Balaban J connectivity index is 1.56. The number of fused-ring (bicyclic) bond motifs is 1. The lowest BCUT2D eigenvalue weighted by atomic mass is 10.3. The van der Waals surface area contributed by atoms with Gasteiger partial charge in [-0.05, 0) is 56.3 Å². The van der Waals surface area contributed by atoms with Gasteiger partial charge in [-0.15, -0.1) is 5.10 Å². The molecule has 4 aromatic rings. The number of hydrogen-bond donors (Lipinski definition) is 1. The van der Waals surface area contributed by atoms with Crippen molar-refractivity contribution in [2.75, 3.05) is 11.9 Å². The van der Waals surface area contributed by atoms with E-state index in [1.807, 2.05) is 25.1 Å². The molecule has 0 spiro atoms. The van der Waals surface area contributed by atoms with Crippen molar-refractivity contribution in [1.29, 1.82) is 0 Å². The molecular weight excluding hydrogens is 381 g/mol. The fraction of sp³-hybridized carbons (Fsp3) is 0.158. The second-order valence-electron chi connectivity index (χ2n) is 5.91. The number of nitrogens with zero attached hydrogens (tertiary/aromatic N) is 4. The zero-order valence-corrected chi connectivity index (χ0v) is 16.0. The lowest BCUT2D eigenvalue weighted by molar-refractivity contribution is 0.101. The maximum Gasteiger partial charge on any atom is 0.297 e. The molecule has 9 heteroatoms. The molecule has 4 rings (SSSR count). The van der Waals surface area contributed by atoms with Crippen molar-refractivity contribution < 1.29 is 13.9 Å². The van der Waals surface area contributed by atoms with Crippen LogP contribution in [0, 0.1) is 12.7 Å². The normalized spacial score (nSPS) is 11.0. The maximum atomic E-state index is 13.1. The van der Waals surface area contributed by atoms with Crippen molar-refractivity contribution in [3.8, 4) is 11.4 Å². The topological polar surface area (TPSA) is 81.9 Å². The predicted molar refractivity (Wildman–Crippen MR) is 105 cm³/mol. The van der Waals surface area contributed by atoms with Crippen LogP contribution in [0.25, 0.3) is 15.9 Å². The van der Waals surface area contributed by atoms with E-state index in [1.165, 1.54) is 28.2 Å². The molecule has 0 aliphatic rings. The number of carbonyl (C=O) groups excluding carboxylic acids is 1. The SMILES string of the molecule is CCOc1ccc2nc(NC(=O)c3nc(C)n(-c4ccc(F)cc4)n3)sc2c1. The predicted octanol–water partition coefficient (Wildman–Crippen LogP) is 3.98. The van der Waals surface area contributed by atoms with Gasteiger partial charge in [0.15, 0.2) is 5.13 Å². The van der Waals surface area contributed by atoms with Crippen LogP contribution in [0.2, 0.25) is 0 Å². The van der Waals surface area contributed by atoms with Crippen molar-refractivity contribution in [2.24, 2.45) is 0 Å². The van der Waals surface area contributed by atoms with Gasteiger partial charge in [-0.1, -0.05) is 11.3 Å². The lowest BCUT2D eigenvalue weighted by Gasteiger charge is -2.01. The second kappa shape index (κ2) is 7.35. The maximum absolute atomic E-state index is 13.1. The van der Waals surface area contributed by atoms with E-state index in [1.54, 1.807) is 19.1 Å². The molecule has 2 aromatic carbocycles. The number of aromatic nitrogens is 4. The van der Waals surface area contributed by atoms with E-state index in [0.717, 1.165) is 16.0 Å².